The number of fused-ring (bicyclic) bond motifs is 1. The van der Waals surface area contributed by atoms with E-state index >= 15 is 0 Å². The number of aryl methyl sites for hydroxylation is 2. The maximum atomic E-state index is 13.5. The Hall–Kier alpha value is -3.75. The Balaban J connectivity index is 1.54. The number of rotatable bonds is 5. The van der Waals surface area contributed by atoms with Gasteiger partial charge in [0.15, 0.2) is 23.0 Å². The Morgan fingerprint density at radius 2 is 1.78 bits per heavy atom. The average molecular weight is 527 g/mol. The van der Waals surface area contributed by atoms with Crippen molar-refractivity contribution in [3.8, 4) is 22.7 Å². The van der Waals surface area contributed by atoms with E-state index in [1.165, 1.54) is 10.5 Å². The fraction of sp³-hybridized carbons (Fsp3) is 0.115. The van der Waals surface area contributed by atoms with Crippen molar-refractivity contribution in [1.82, 2.24) is 19.2 Å². The van der Waals surface area contributed by atoms with E-state index in [1.54, 1.807) is 54.2 Å². The normalized spacial score (nSPS) is 11.3. The van der Waals surface area contributed by atoms with Gasteiger partial charge in [-0.05, 0) is 67.9 Å². The maximum Gasteiger partial charge on any atom is 0.267 e. The number of hydrogen-bond donors (Lipinski definition) is 0. The van der Waals surface area contributed by atoms with Gasteiger partial charge in [-0.1, -0.05) is 29.3 Å². The van der Waals surface area contributed by atoms with E-state index in [0.29, 0.717) is 49.6 Å². The molecule has 182 valence electrons. The van der Waals surface area contributed by atoms with E-state index < -0.39 is 11.6 Å². The van der Waals surface area contributed by atoms with Gasteiger partial charge in [0.2, 0.25) is 0 Å². The molecule has 0 unspecified atom stereocenters. The molecule has 0 aliphatic heterocycles. The highest BCUT2D eigenvalue weighted by molar-refractivity contribution is 6.42. The maximum absolute atomic E-state index is 13.5. The molecular weight excluding hydrogens is 509 g/mol. The third-order valence-electron chi connectivity index (χ3n) is 5.67. The van der Waals surface area contributed by atoms with Gasteiger partial charge in [-0.15, -0.1) is 0 Å². The third-order valence-corrected chi connectivity index (χ3v) is 6.41. The van der Waals surface area contributed by atoms with Gasteiger partial charge >= 0.3 is 0 Å². The predicted octanol–water partition coefficient (Wildman–Crippen LogP) is 6.33. The molecule has 3 aromatic heterocycles. The van der Waals surface area contributed by atoms with Crippen molar-refractivity contribution < 1.29 is 13.5 Å². The van der Waals surface area contributed by atoms with Gasteiger partial charge in [-0.3, -0.25) is 9.20 Å². The lowest BCUT2D eigenvalue weighted by atomic mass is 10.1. The minimum Gasteiger partial charge on any atom is -0.485 e. The standard InChI is InChI=1S/C26H18Cl2F2N4O2/c1-14-10-22(32-34(14)17-6-7-18(27)19(28)12-17)24-15(2)31-25-23(4-3-9-33(25)26(24)35)36-13-16-5-8-20(29)21(30)11-16/h3-12H,13H2,1-2H3. The molecule has 3 heterocycles. The van der Waals surface area contributed by atoms with E-state index in [-0.39, 0.29) is 12.2 Å². The lowest BCUT2D eigenvalue weighted by molar-refractivity contribution is 0.306. The van der Waals surface area contributed by atoms with E-state index in [0.717, 1.165) is 17.8 Å². The van der Waals surface area contributed by atoms with E-state index in [1.807, 2.05) is 6.92 Å². The number of halogens is 4. The molecular formula is C26H18Cl2F2N4O2. The average Bonchev–Trinajstić information content (AvgIpc) is 3.22. The van der Waals surface area contributed by atoms with Crippen LogP contribution in [0.2, 0.25) is 10.0 Å². The van der Waals surface area contributed by atoms with E-state index in [2.05, 4.69) is 10.1 Å². The topological polar surface area (TPSA) is 61.4 Å². The summed E-state index contributed by atoms with van der Waals surface area (Å²) in [7, 11) is 0. The second-order valence-corrected chi connectivity index (χ2v) is 8.98. The molecule has 36 heavy (non-hydrogen) atoms. The lowest BCUT2D eigenvalue weighted by Crippen LogP contribution is -2.19. The zero-order valence-corrected chi connectivity index (χ0v) is 20.6. The van der Waals surface area contributed by atoms with Crippen molar-refractivity contribution in [2.45, 2.75) is 20.5 Å². The number of aromatic nitrogens is 4. The van der Waals surface area contributed by atoms with Crippen molar-refractivity contribution in [1.29, 1.82) is 0 Å². The Morgan fingerprint density at radius 3 is 2.53 bits per heavy atom. The molecule has 5 aromatic rings. The molecule has 0 fully saturated rings. The van der Waals surface area contributed by atoms with E-state index in [9.17, 15) is 13.6 Å². The summed E-state index contributed by atoms with van der Waals surface area (Å²) in [5.74, 6) is -1.57. The molecule has 0 bridgehead atoms. The first kappa shape index (κ1) is 24.0. The second kappa shape index (κ2) is 9.37. The van der Waals surface area contributed by atoms with Crippen molar-refractivity contribution in [2.75, 3.05) is 0 Å². The van der Waals surface area contributed by atoms with Crippen molar-refractivity contribution in [3.63, 3.8) is 0 Å². The largest absolute Gasteiger partial charge is 0.485 e. The van der Waals surface area contributed by atoms with Crippen LogP contribution in [0.15, 0.2) is 65.6 Å². The molecule has 2 aromatic carbocycles. The Bertz CT molecular complexity index is 1700. The zero-order chi connectivity index (χ0) is 25.6. The first-order chi connectivity index (χ1) is 17.2. The van der Waals surface area contributed by atoms with Crippen LogP contribution in [0, 0.1) is 25.5 Å². The lowest BCUT2D eigenvalue weighted by Gasteiger charge is -2.12. The summed E-state index contributed by atoms with van der Waals surface area (Å²) in [6.07, 6.45) is 1.58. The molecule has 10 heteroatoms. The summed E-state index contributed by atoms with van der Waals surface area (Å²) >= 11 is 12.2. The van der Waals surface area contributed by atoms with Crippen LogP contribution in [0.4, 0.5) is 8.78 Å². The smallest absolute Gasteiger partial charge is 0.267 e. The number of ether oxygens (including phenoxy) is 1. The molecule has 5 rings (SSSR count). The fourth-order valence-corrected chi connectivity index (χ4v) is 4.21. The van der Waals surface area contributed by atoms with Gasteiger partial charge in [0, 0.05) is 11.9 Å². The minimum atomic E-state index is -0.959. The van der Waals surface area contributed by atoms with Crippen LogP contribution in [0.1, 0.15) is 17.0 Å². The SMILES string of the molecule is Cc1nc2c(OCc3ccc(F)c(F)c3)cccn2c(=O)c1-c1cc(C)n(-c2ccc(Cl)c(Cl)c2)n1. The first-order valence-corrected chi connectivity index (χ1v) is 11.6. The summed E-state index contributed by atoms with van der Waals surface area (Å²) in [4.78, 5) is 18.1. The van der Waals surface area contributed by atoms with Crippen LogP contribution in [-0.4, -0.2) is 19.2 Å². The molecule has 0 N–H and O–H groups in total. The first-order valence-electron chi connectivity index (χ1n) is 10.8. The Morgan fingerprint density at radius 1 is 0.972 bits per heavy atom. The highest BCUT2D eigenvalue weighted by Gasteiger charge is 2.19. The van der Waals surface area contributed by atoms with Gasteiger partial charge < -0.3 is 4.74 Å². The van der Waals surface area contributed by atoms with Crippen molar-refractivity contribution in [3.05, 3.63) is 110 Å². The van der Waals surface area contributed by atoms with Gasteiger partial charge in [0.1, 0.15) is 12.3 Å². The van der Waals surface area contributed by atoms with Crippen LogP contribution < -0.4 is 10.3 Å². The molecule has 0 radical (unpaired) electrons. The van der Waals surface area contributed by atoms with Crippen LogP contribution in [-0.2, 0) is 6.61 Å². The monoisotopic (exact) mass is 526 g/mol. The number of benzene rings is 2. The van der Waals surface area contributed by atoms with Crippen LogP contribution in [0.25, 0.3) is 22.6 Å². The van der Waals surface area contributed by atoms with Crippen LogP contribution in [0.3, 0.4) is 0 Å². The van der Waals surface area contributed by atoms with Gasteiger partial charge in [-0.25, -0.2) is 18.4 Å². The third kappa shape index (κ3) is 4.34. The second-order valence-electron chi connectivity index (χ2n) is 8.16. The van der Waals surface area contributed by atoms with Gasteiger partial charge in [0.05, 0.1) is 27.0 Å². The summed E-state index contributed by atoms with van der Waals surface area (Å²) < 4.78 is 35.6. The quantitative estimate of drug-likeness (QED) is 0.268. The molecule has 6 nitrogen and oxygen atoms in total. The van der Waals surface area contributed by atoms with Gasteiger partial charge in [0.25, 0.3) is 5.56 Å². The molecule has 0 spiro atoms. The Labute approximate surface area is 214 Å². The molecule has 0 aliphatic rings. The summed E-state index contributed by atoms with van der Waals surface area (Å²) in [6, 6.07) is 13.8. The molecule has 0 atom stereocenters. The van der Waals surface area contributed by atoms with Gasteiger partial charge in [-0.2, -0.15) is 5.10 Å². The molecule has 0 saturated carbocycles. The summed E-state index contributed by atoms with van der Waals surface area (Å²) in [5.41, 5.74) is 3.16. The highest BCUT2D eigenvalue weighted by Crippen LogP contribution is 2.27. The predicted molar refractivity (Wildman–Crippen MR) is 134 cm³/mol. The van der Waals surface area contributed by atoms with Crippen LogP contribution >= 0.6 is 23.2 Å². The molecule has 0 aliphatic carbocycles. The fourth-order valence-electron chi connectivity index (χ4n) is 3.92. The van der Waals surface area contributed by atoms with E-state index in [4.69, 9.17) is 27.9 Å². The Kier molecular flexibility index (Phi) is 6.24. The zero-order valence-electron chi connectivity index (χ0n) is 19.1. The highest BCUT2D eigenvalue weighted by atomic mass is 35.5. The molecule has 0 amide bonds. The van der Waals surface area contributed by atoms with Crippen LogP contribution in [0.5, 0.6) is 5.75 Å². The summed E-state index contributed by atoms with van der Waals surface area (Å²) in [5, 5.41) is 5.45. The number of hydrogen-bond acceptors (Lipinski definition) is 4. The van der Waals surface area contributed by atoms with Crippen molar-refractivity contribution >= 4 is 28.8 Å². The van der Waals surface area contributed by atoms with Crippen molar-refractivity contribution in [2.24, 2.45) is 0 Å². The number of pyridine rings is 1. The number of nitrogens with zero attached hydrogens (tertiary/aromatic N) is 4. The summed E-state index contributed by atoms with van der Waals surface area (Å²) in [6.45, 7) is 3.56. The molecule has 0 saturated heterocycles. The minimum absolute atomic E-state index is 0.0270.